The van der Waals surface area contributed by atoms with Crippen molar-refractivity contribution in [3.05, 3.63) is 29.8 Å². The molecule has 1 rings (SSSR count). The second-order valence-electron chi connectivity index (χ2n) is 4.76. The van der Waals surface area contributed by atoms with Crippen molar-refractivity contribution in [2.45, 2.75) is 43.5 Å². The molecule has 1 aromatic carbocycles. The summed E-state index contributed by atoms with van der Waals surface area (Å²) in [6.45, 7) is 4.00. The topological polar surface area (TPSA) is 49.3 Å². The summed E-state index contributed by atoms with van der Waals surface area (Å²) in [5.74, 6) is 0.193. The number of hydrogen-bond acceptors (Lipinski definition) is 3. The molecule has 0 saturated heterocycles. The van der Waals surface area contributed by atoms with Gasteiger partial charge in [0.1, 0.15) is 5.54 Å². The largest absolute Gasteiger partial charge is 0.480 e. The Morgan fingerprint density at radius 1 is 1.47 bits per heavy atom. The van der Waals surface area contributed by atoms with E-state index < -0.39 is 11.5 Å². The normalized spacial score (nSPS) is 14.1. The highest BCUT2D eigenvalue weighted by molar-refractivity contribution is 7.99. The van der Waals surface area contributed by atoms with Gasteiger partial charge in [-0.25, -0.2) is 0 Å². The van der Waals surface area contributed by atoms with Gasteiger partial charge in [0, 0.05) is 4.90 Å². The molecule has 0 bridgehead atoms. The fourth-order valence-corrected chi connectivity index (χ4v) is 3.08. The lowest BCUT2D eigenvalue weighted by atomic mass is 9.91. The second-order valence-corrected chi connectivity index (χ2v) is 5.93. The van der Waals surface area contributed by atoms with Gasteiger partial charge >= 0.3 is 5.97 Å². The van der Waals surface area contributed by atoms with E-state index in [1.165, 1.54) is 10.5 Å². The van der Waals surface area contributed by atoms with Crippen LogP contribution in [-0.4, -0.2) is 29.4 Å². The molecule has 4 heteroatoms. The third-order valence-corrected chi connectivity index (χ3v) is 4.58. The van der Waals surface area contributed by atoms with Crippen molar-refractivity contribution in [2.24, 2.45) is 0 Å². The average Bonchev–Trinajstić information content (AvgIpc) is 2.39. The van der Waals surface area contributed by atoms with E-state index in [0.29, 0.717) is 12.8 Å². The Bertz CT molecular complexity index is 416. The lowest BCUT2D eigenvalue weighted by Gasteiger charge is -2.27. The summed E-state index contributed by atoms with van der Waals surface area (Å²) in [7, 11) is 1.73. The molecule has 0 aromatic heterocycles. The number of benzene rings is 1. The zero-order valence-electron chi connectivity index (χ0n) is 11.9. The van der Waals surface area contributed by atoms with Crippen molar-refractivity contribution >= 4 is 17.7 Å². The van der Waals surface area contributed by atoms with E-state index in [2.05, 4.69) is 36.5 Å². The molecule has 19 heavy (non-hydrogen) atoms. The molecule has 0 amide bonds. The van der Waals surface area contributed by atoms with Gasteiger partial charge in [0.15, 0.2) is 0 Å². The van der Waals surface area contributed by atoms with Crippen LogP contribution in [0.4, 0.5) is 0 Å². The van der Waals surface area contributed by atoms with E-state index in [1.807, 2.05) is 6.92 Å². The maximum absolute atomic E-state index is 11.3. The second kappa shape index (κ2) is 7.56. The number of thioether (sulfide) groups is 1. The smallest absolute Gasteiger partial charge is 0.323 e. The van der Waals surface area contributed by atoms with Crippen LogP contribution >= 0.6 is 11.8 Å². The van der Waals surface area contributed by atoms with Crippen LogP contribution in [0.5, 0.6) is 0 Å². The number of likely N-dealkylation sites (N-methyl/N-ethyl adjacent to an activating group) is 1. The first kappa shape index (κ1) is 16.1. The minimum Gasteiger partial charge on any atom is -0.480 e. The number of nitrogens with one attached hydrogen (secondary N) is 1. The summed E-state index contributed by atoms with van der Waals surface area (Å²) < 4.78 is 0. The molecule has 0 fully saturated rings. The molecular formula is C15H23NO2S. The SMILES string of the molecule is CCC(CCCSc1cccc(C)c1)(NC)C(=O)O. The number of carboxylic acids is 1. The van der Waals surface area contributed by atoms with Crippen molar-refractivity contribution < 1.29 is 9.90 Å². The van der Waals surface area contributed by atoms with Crippen LogP contribution in [0.2, 0.25) is 0 Å². The van der Waals surface area contributed by atoms with Crippen LogP contribution in [0.15, 0.2) is 29.2 Å². The predicted octanol–water partition coefficient (Wildman–Crippen LogP) is 3.32. The lowest BCUT2D eigenvalue weighted by molar-refractivity contribution is -0.145. The molecule has 1 unspecified atom stereocenters. The number of aryl methyl sites for hydroxylation is 1. The van der Waals surface area contributed by atoms with Gasteiger partial charge in [-0.1, -0.05) is 24.6 Å². The van der Waals surface area contributed by atoms with Gasteiger partial charge in [0.2, 0.25) is 0 Å². The van der Waals surface area contributed by atoms with Crippen molar-refractivity contribution in [1.82, 2.24) is 5.32 Å². The average molecular weight is 281 g/mol. The Morgan fingerprint density at radius 2 is 2.21 bits per heavy atom. The zero-order chi connectivity index (χ0) is 14.3. The fraction of sp³-hybridized carbons (Fsp3) is 0.533. The first-order valence-corrected chi connectivity index (χ1v) is 7.64. The third-order valence-electron chi connectivity index (χ3n) is 3.50. The highest BCUT2D eigenvalue weighted by Gasteiger charge is 2.33. The summed E-state index contributed by atoms with van der Waals surface area (Å²) in [5, 5.41) is 12.3. The van der Waals surface area contributed by atoms with Gasteiger partial charge in [-0.2, -0.15) is 0 Å². The molecule has 0 aliphatic carbocycles. The molecule has 1 aromatic rings. The van der Waals surface area contributed by atoms with E-state index in [9.17, 15) is 9.90 Å². The first-order chi connectivity index (χ1) is 9.04. The number of carbonyl (C=O) groups is 1. The number of rotatable bonds is 8. The van der Waals surface area contributed by atoms with Crippen LogP contribution in [0.1, 0.15) is 31.7 Å². The van der Waals surface area contributed by atoms with Gasteiger partial charge in [0.25, 0.3) is 0 Å². The van der Waals surface area contributed by atoms with Crippen molar-refractivity contribution in [3.8, 4) is 0 Å². The van der Waals surface area contributed by atoms with E-state index in [0.717, 1.165) is 12.2 Å². The molecule has 0 aliphatic rings. The Morgan fingerprint density at radius 3 is 2.74 bits per heavy atom. The quantitative estimate of drug-likeness (QED) is 0.567. The maximum atomic E-state index is 11.3. The van der Waals surface area contributed by atoms with Gasteiger partial charge < -0.3 is 10.4 Å². The van der Waals surface area contributed by atoms with E-state index >= 15 is 0 Å². The standard InChI is InChI=1S/C15H23NO2S/c1-4-15(16-3,14(17)18)9-6-10-19-13-8-5-7-12(2)11-13/h5,7-8,11,16H,4,6,9-10H2,1-3H3,(H,17,18). The molecule has 3 nitrogen and oxygen atoms in total. The molecule has 0 aliphatic heterocycles. The van der Waals surface area contributed by atoms with Gasteiger partial charge in [0.05, 0.1) is 0 Å². The van der Waals surface area contributed by atoms with Crippen molar-refractivity contribution in [1.29, 1.82) is 0 Å². The van der Waals surface area contributed by atoms with Crippen LogP contribution in [-0.2, 0) is 4.79 Å². The Balaban J connectivity index is 2.43. The molecule has 2 N–H and O–H groups in total. The van der Waals surface area contributed by atoms with Crippen molar-refractivity contribution in [2.75, 3.05) is 12.8 Å². The summed E-state index contributed by atoms with van der Waals surface area (Å²) in [6.07, 6.45) is 2.15. The monoisotopic (exact) mass is 281 g/mol. The number of hydrogen-bond donors (Lipinski definition) is 2. The van der Waals surface area contributed by atoms with Gasteiger partial charge in [-0.15, -0.1) is 11.8 Å². The van der Waals surface area contributed by atoms with Crippen LogP contribution < -0.4 is 5.32 Å². The lowest BCUT2D eigenvalue weighted by Crippen LogP contribution is -2.49. The fourth-order valence-electron chi connectivity index (χ4n) is 2.11. The summed E-state index contributed by atoms with van der Waals surface area (Å²) in [4.78, 5) is 12.6. The first-order valence-electron chi connectivity index (χ1n) is 6.66. The third kappa shape index (κ3) is 4.55. The summed E-state index contributed by atoms with van der Waals surface area (Å²) in [6, 6.07) is 8.39. The Hall–Kier alpha value is -1.00. The van der Waals surface area contributed by atoms with Gasteiger partial charge in [-0.05, 0) is 51.1 Å². The molecule has 0 heterocycles. The summed E-state index contributed by atoms with van der Waals surface area (Å²) >= 11 is 1.79. The highest BCUT2D eigenvalue weighted by Crippen LogP contribution is 2.23. The minimum atomic E-state index is -0.771. The van der Waals surface area contributed by atoms with Crippen molar-refractivity contribution in [3.63, 3.8) is 0 Å². The maximum Gasteiger partial charge on any atom is 0.323 e. The molecule has 1 atom stereocenters. The van der Waals surface area contributed by atoms with Crippen LogP contribution in [0.3, 0.4) is 0 Å². The molecule has 106 valence electrons. The molecule has 0 saturated carbocycles. The number of aliphatic carboxylic acids is 1. The molecule has 0 spiro atoms. The van der Waals surface area contributed by atoms with Gasteiger partial charge in [-0.3, -0.25) is 4.79 Å². The molecular weight excluding hydrogens is 258 g/mol. The highest BCUT2D eigenvalue weighted by atomic mass is 32.2. The Labute approximate surface area is 119 Å². The van der Waals surface area contributed by atoms with E-state index in [1.54, 1.807) is 18.8 Å². The zero-order valence-corrected chi connectivity index (χ0v) is 12.7. The summed E-state index contributed by atoms with van der Waals surface area (Å²) in [5.41, 5.74) is 0.487. The van der Waals surface area contributed by atoms with E-state index in [-0.39, 0.29) is 0 Å². The van der Waals surface area contributed by atoms with Crippen LogP contribution in [0, 0.1) is 6.92 Å². The molecule has 0 radical (unpaired) electrons. The van der Waals surface area contributed by atoms with Crippen LogP contribution in [0.25, 0.3) is 0 Å². The van der Waals surface area contributed by atoms with E-state index in [4.69, 9.17) is 0 Å². The Kier molecular flexibility index (Phi) is 6.38. The number of carboxylic acid groups (broad SMARTS) is 1. The predicted molar refractivity (Wildman–Crippen MR) is 80.9 cm³/mol. The minimum absolute atomic E-state index is 0.605.